The molecule has 0 bridgehead atoms. The van der Waals surface area contributed by atoms with Gasteiger partial charge in [0.1, 0.15) is 5.82 Å². The first-order valence-electron chi connectivity index (χ1n) is 2.66. The molecule has 2 radical (unpaired) electrons. The highest BCUT2D eigenvalue weighted by Gasteiger charge is 2.01. The zero-order valence-electron chi connectivity index (χ0n) is 5.07. The molecule has 1 N–H and O–H groups in total. The Morgan fingerprint density at radius 2 is 2.20 bits per heavy atom. The summed E-state index contributed by atoms with van der Waals surface area (Å²) in [5.74, 6) is -0.475. The van der Waals surface area contributed by atoms with Crippen molar-refractivity contribution in [3.63, 3.8) is 0 Å². The van der Waals surface area contributed by atoms with Crippen LogP contribution in [0.1, 0.15) is 0 Å². The van der Waals surface area contributed by atoms with E-state index in [0.717, 1.165) is 0 Å². The van der Waals surface area contributed by atoms with Crippen molar-refractivity contribution >= 4 is 17.3 Å². The lowest BCUT2D eigenvalue weighted by Crippen LogP contribution is -1.87. The molecule has 3 heteroatoms. The Morgan fingerprint density at radius 1 is 1.50 bits per heavy atom. The SMILES string of the molecule is [CH]Nc1cccc(F)c1Cl. The van der Waals surface area contributed by atoms with Gasteiger partial charge in [-0.3, -0.25) is 0 Å². The van der Waals surface area contributed by atoms with Gasteiger partial charge in [0.2, 0.25) is 0 Å². The van der Waals surface area contributed by atoms with Crippen molar-refractivity contribution in [2.45, 2.75) is 0 Å². The Labute approximate surface area is 63.8 Å². The quantitative estimate of drug-likeness (QED) is 0.618. The third-order valence-electron chi connectivity index (χ3n) is 1.11. The second kappa shape index (κ2) is 2.88. The van der Waals surface area contributed by atoms with Crippen LogP contribution in [0.15, 0.2) is 18.2 Å². The monoisotopic (exact) mass is 157 g/mol. The standard InChI is InChI=1S/C7H5ClFN/c1-10-6-4-2-3-5(9)7(6)8/h1-4,10H. The molecule has 0 unspecified atom stereocenters. The van der Waals surface area contributed by atoms with Gasteiger partial charge in [-0.25, -0.2) is 4.39 Å². The van der Waals surface area contributed by atoms with E-state index in [0.29, 0.717) is 5.69 Å². The van der Waals surface area contributed by atoms with Gasteiger partial charge in [-0.15, -0.1) is 0 Å². The summed E-state index contributed by atoms with van der Waals surface area (Å²) < 4.78 is 12.5. The smallest absolute Gasteiger partial charge is 0.143 e. The molecule has 0 fully saturated rings. The van der Waals surface area contributed by atoms with Crippen LogP contribution in [0, 0.1) is 12.9 Å². The van der Waals surface area contributed by atoms with Gasteiger partial charge in [0, 0.05) is 0 Å². The van der Waals surface area contributed by atoms with Gasteiger partial charge in [-0.2, -0.15) is 0 Å². The topological polar surface area (TPSA) is 12.0 Å². The van der Waals surface area contributed by atoms with Gasteiger partial charge in [0.05, 0.1) is 17.8 Å². The fourth-order valence-corrected chi connectivity index (χ4v) is 0.796. The van der Waals surface area contributed by atoms with Crippen LogP contribution >= 0.6 is 11.6 Å². The maximum Gasteiger partial charge on any atom is 0.143 e. The summed E-state index contributed by atoms with van der Waals surface area (Å²) in [6.45, 7) is 0. The van der Waals surface area contributed by atoms with E-state index < -0.39 is 5.82 Å². The second-order valence-corrected chi connectivity index (χ2v) is 2.12. The third kappa shape index (κ3) is 1.21. The first-order valence-corrected chi connectivity index (χ1v) is 3.04. The van der Waals surface area contributed by atoms with Crippen LogP contribution < -0.4 is 5.32 Å². The maximum absolute atomic E-state index is 12.5. The van der Waals surface area contributed by atoms with Crippen molar-refractivity contribution in [1.82, 2.24) is 0 Å². The molecule has 10 heavy (non-hydrogen) atoms. The Morgan fingerprint density at radius 3 is 2.70 bits per heavy atom. The first kappa shape index (κ1) is 7.35. The van der Waals surface area contributed by atoms with Gasteiger partial charge in [0.25, 0.3) is 0 Å². The van der Waals surface area contributed by atoms with Crippen LogP contribution in [0.4, 0.5) is 10.1 Å². The van der Waals surface area contributed by atoms with E-state index in [-0.39, 0.29) is 5.02 Å². The van der Waals surface area contributed by atoms with E-state index in [2.05, 4.69) is 5.32 Å². The molecular formula is C7H5ClFN. The van der Waals surface area contributed by atoms with E-state index in [9.17, 15) is 4.39 Å². The summed E-state index contributed by atoms with van der Waals surface area (Å²) in [6, 6.07) is 4.38. The van der Waals surface area contributed by atoms with Gasteiger partial charge in [0.15, 0.2) is 0 Å². The number of anilines is 1. The lowest BCUT2D eigenvalue weighted by Gasteiger charge is -2.01. The van der Waals surface area contributed by atoms with Crippen LogP contribution in [0.3, 0.4) is 0 Å². The molecule has 0 spiro atoms. The molecule has 0 aliphatic rings. The second-order valence-electron chi connectivity index (χ2n) is 1.75. The summed E-state index contributed by atoms with van der Waals surface area (Å²) >= 11 is 5.48. The highest BCUT2D eigenvalue weighted by Crippen LogP contribution is 2.23. The summed E-state index contributed by atoms with van der Waals surface area (Å²) in [4.78, 5) is 0. The molecule has 0 amide bonds. The van der Waals surface area contributed by atoms with E-state index in [1.54, 1.807) is 6.07 Å². The molecule has 0 atom stereocenters. The minimum Gasteiger partial charge on any atom is -0.377 e. The number of benzene rings is 1. The number of rotatable bonds is 1. The lowest BCUT2D eigenvalue weighted by molar-refractivity contribution is 0.629. The molecule has 1 nitrogen and oxygen atoms in total. The molecule has 0 aliphatic heterocycles. The van der Waals surface area contributed by atoms with Gasteiger partial charge >= 0.3 is 0 Å². The maximum atomic E-state index is 12.5. The van der Waals surface area contributed by atoms with E-state index in [1.807, 2.05) is 0 Å². The third-order valence-corrected chi connectivity index (χ3v) is 1.49. The minimum absolute atomic E-state index is 0.0185. The minimum atomic E-state index is -0.475. The molecular weight excluding hydrogens is 153 g/mol. The van der Waals surface area contributed by atoms with Crippen molar-refractivity contribution in [2.75, 3.05) is 5.32 Å². The van der Waals surface area contributed by atoms with Crippen molar-refractivity contribution in [3.8, 4) is 0 Å². The first-order chi connectivity index (χ1) is 4.75. The van der Waals surface area contributed by atoms with Crippen molar-refractivity contribution in [2.24, 2.45) is 0 Å². The average molecular weight is 158 g/mol. The normalized spacial score (nSPS) is 9.50. The fraction of sp³-hybridized carbons (Fsp3) is 0. The number of nitrogens with one attached hydrogen (secondary N) is 1. The van der Waals surface area contributed by atoms with Gasteiger partial charge in [-0.05, 0) is 12.1 Å². The van der Waals surface area contributed by atoms with E-state index >= 15 is 0 Å². The Bertz CT molecular complexity index is 237. The van der Waals surface area contributed by atoms with Crippen molar-refractivity contribution in [3.05, 3.63) is 36.1 Å². The zero-order valence-corrected chi connectivity index (χ0v) is 5.82. The highest BCUT2D eigenvalue weighted by atomic mass is 35.5. The Kier molecular flexibility index (Phi) is 2.12. The van der Waals surface area contributed by atoms with Gasteiger partial charge in [-0.1, -0.05) is 17.7 Å². The summed E-state index contributed by atoms with van der Waals surface area (Å²) in [5.41, 5.74) is 0.390. The van der Waals surface area contributed by atoms with Gasteiger partial charge < -0.3 is 5.32 Å². The molecule has 0 heterocycles. The fourth-order valence-electron chi connectivity index (χ4n) is 0.615. The largest absolute Gasteiger partial charge is 0.377 e. The molecule has 0 saturated heterocycles. The number of halogens is 2. The Hall–Kier alpha value is -0.760. The predicted octanol–water partition coefficient (Wildman–Crippen LogP) is 2.56. The summed E-state index contributed by atoms with van der Waals surface area (Å²) in [6.07, 6.45) is 0. The molecule has 0 aliphatic carbocycles. The van der Waals surface area contributed by atoms with E-state index in [4.69, 9.17) is 18.6 Å². The van der Waals surface area contributed by atoms with Crippen molar-refractivity contribution in [1.29, 1.82) is 0 Å². The molecule has 0 aromatic heterocycles. The average Bonchev–Trinajstić information content (AvgIpc) is 1.95. The van der Waals surface area contributed by atoms with E-state index in [1.165, 1.54) is 12.1 Å². The van der Waals surface area contributed by atoms with Crippen LogP contribution in [0.5, 0.6) is 0 Å². The predicted molar refractivity (Wildman–Crippen MR) is 39.3 cm³/mol. The van der Waals surface area contributed by atoms with Crippen LogP contribution in [0.25, 0.3) is 0 Å². The molecule has 52 valence electrons. The van der Waals surface area contributed by atoms with Crippen molar-refractivity contribution < 1.29 is 4.39 Å². The van der Waals surface area contributed by atoms with Crippen LogP contribution in [0.2, 0.25) is 5.02 Å². The number of hydrogen-bond donors (Lipinski definition) is 1. The molecule has 1 rings (SSSR count). The Balaban J connectivity index is 3.14. The highest BCUT2D eigenvalue weighted by molar-refractivity contribution is 6.33. The molecule has 1 aromatic rings. The number of hydrogen-bond acceptors (Lipinski definition) is 1. The summed E-state index contributed by atoms with van der Waals surface area (Å²) in [7, 11) is 5.02. The lowest BCUT2D eigenvalue weighted by atomic mass is 10.3. The molecule has 1 aromatic carbocycles. The zero-order chi connectivity index (χ0) is 7.56. The summed E-state index contributed by atoms with van der Waals surface area (Å²) in [5, 5.41) is 2.28. The van der Waals surface area contributed by atoms with Crippen LogP contribution in [-0.4, -0.2) is 0 Å². The molecule has 0 saturated carbocycles. The van der Waals surface area contributed by atoms with Crippen LogP contribution in [-0.2, 0) is 0 Å².